The molecule has 6 nitrogen and oxygen atoms in total. The lowest BCUT2D eigenvalue weighted by Gasteiger charge is -2.16. The molecular formula is C17H15F3N4O2S. The van der Waals surface area contributed by atoms with Gasteiger partial charge in [-0.05, 0) is 31.4 Å². The molecule has 0 fully saturated rings. The smallest absolute Gasteiger partial charge is 0.416 e. The van der Waals surface area contributed by atoms with Gasteiger partial charge in [-0.25, -0.2) is 4.98 Å². The number of anilines is 2. The number of hydrogen-bond donors (Lipinski definition) is 2. The van der Waals surface area contributed by atoms with Crippen LogP contribution < -0.4 is 15.8 Å². The number of halogens is 3. The van der Waals surface area contributed by atoms with E-state index in [0.29, 0.717) is 5.03 Å². The number of hydrogen-bond acceptors (Lipinski definition) is 6. The van der Waals surface area contributed by atoms with Crippen molar-refractivity contribution >= 4 is 29.3 Å². The molecule has 1 heterocycles. The zero-order valence-electron chi connectivity index (χ0n) is 14.3. The SMILES string of the molecule is C#Cc1c(O[C@H](C)C(=O)Nc2cccc(C(F)(F)F)c2)nc(N)nc1SC. The van der Waals surface area contributed by atoms with Crippen LogP contribution in [0.25, 0.3) is 0 Å². The van der Waals surface area contributed by atoms with Gasteiger partial charge in [-0.1, -0.05) is 12.0 Å². The highest BCUT2D eigenvalue weighted by atomic mass is 32.2. The Hall–Kier alpha value is -2.93. The van der Waals surface area contributed by atoms with E-state index in [1.54, 1.807) is 6.26 Å². The second-order valence-electron chi connectivity index (χ2n) is 5.24. The molecular weight excluding hydrogens is 381 g/mol. The van der Waals surface area contributed by atoms with Gasteiger partial charge < -0.3 is 15.8 Å². The van der Waals surface area contributed by atoms with Crippen LogP contribution >= 0.6 is 11.8 Å². The molecule has 0 radical (unpaired) electrons. The number of nitrogens with one attached hydrogen (secondary N) is 1. The molecule has 1 aromatic carbocycles. The van der Waals surface area contributed by atoms with Gasteiger partial charge in [0.1, 0.15) is 10.6 Å². The number of carbonyl (C=O) groups is 1. The first-order valence-electron chi connectivity index (χ1n) is 7.48. The van der Waals surface area contributed by atoms with Gasteiger partial charge in [0, 0.05) is 5.69 Å². The lowest BCUT2D eigenvalue weighted by Crippen LogP contribution is -2.31. The summed E-state index contributed by atoms with van der Waals surface area (Å²) in [6.07, 6.45) is 1.55. The molecule has 0 aliphatic carbocycles. The summed E-state index contributed by atoms with van der Waals surface area (Å²) in [7, 11) is 0. The minimum absolute atomic E-state index is 0.0190. The first-order chi connectivity index (χ1) is 12.7. The number of ether oxygens (including phenoxy) is 1. The van der Waals surface area contributed by atoms with Crippen LogP contribution in [0.5, 0.6) is 5.88 Å². The van der Waals surface area contributed by atoms with Gasteiger partial charge in [0.05, 0.1) is 5.56 Å². The lowest BCUT2D eigenvalue weighted by atomic mass is 10.2. The fourth-order valence-electron chi connectivity index (χ4n) is 2.03. The van der Waals surface area contributed by atoms with E-state index >= 15 is 0 Å². The average Bonchev–Trinajstić information content (AvgIpc) is 2.60. The number of thioether (sulfide) groups is 1. The largest absolute Gasteiger partial charge is 0.463 e. The predicted octanol–water partition coefficient (Wildman–Crippen LogP) is 3.19. The number of nitrogen functional groups attached to an aromatic ring is 1. The molecule has 0 bridgehead atoms. The molecule has 0 saturated heterocycles. The molecule has 0 aliphatic heterocycles. The molecule has 0 saturated carbocycles. The van der Waals surface area contributed by atoms with Crippen LogP contribution in [0.3, 0.4) is 0 Å². The fourth-order valence-corrected chi connectivity index (χ4v) is 2.57. The minimum atomic E-state index is -4.52. The highest BCUT2D eigenvalue weighted by molar-refractivity contribution is 7.98. The van der Waals surface area contributed by atoms with Gasteiger partial charge in [0.2, 0.25) is 11.8 Å². The Morgan fingerprint density at radius 2 is 2.11 bits per heavy atom. The Morgan fingerprint density at radius 1 is 1.41 bits per heavy atom. The zero-order valence-corrected chi connectivity index (χ0v) is 15.1. The van der Waals surface area contributed by atoms with Crippen molar-refractivity contribution < 1.29 is 22.7 Å². The second-order valence-corrected chi connectivity index (χ2v) is 6.04. The van der Waals surface area contributed by atoms with Crippen LogP contribution in [-0.4, -0.2) is 28.2 Å². The van der Waals surface area contributed by atoms with Crippen LogP contribution in [0.2, 0.25) is 0 Å². The van der Waals surface area contributed by atoms with E-state index in [0.717, 1.165) is 12.1 Å². The van der Waals surface area contributed by atoms with Gasteiger partial charge in [-0.2, -0.15) is 18.2 Å². The Labute approximate surface area is 157 Å². The number of aromatic nitrogens is 2. The predicted molar refractivity (Wildman–Crippen MR) is 96.3 cm³/mol. The van der Waals surface area contributed by atoms with Crippen molar-refractivity contribution in [2.24, 2.45) is 0 Å². The van der Waals surface area contributed by atoms with Crippen molar-refractivity contribution in [3.63, 3.8) is 0 Å². The third-order valence-electron chi connectivity index (χ3n) is 3.31. The number of nitrogens with two attached hydrogens (primary N) is 1. The molecule has 3 N–H and O–H groups in total. The standard InChI is InChI=1S/C17H15F3N4O2S/c1-4-12-14(23-16(21)24-15(12)27-3)26-9(2)13(25)22-11-7-5-6-10(8-11)17(18,19)20/h1,5-9H,2-3H3,(H,22,25)(H2,21,23,24)/t9-/m1/s1. The summed E-state index contributed by atoms with van der Waals surface area (Å²) in [5, 5.41) is 2.77. The normalized spacial score (nSPS) is 12.1. The summed E-state index contributed by atoms with van der Waals surface area (Å²) >= 11 is 1.23. The van der Waals surface area contributed by atoms with E-state index in [9.17, 15) is 18.0 Å². The number of alkyl halides is 3. The third kappa shape index (κ3) is 5.04. The average molecular weight is 396 g/mol. The molecule has 142 valence electrons. The third-order valence-corrected chi connectivity index (χ3v) is 3.99. The monoisotopic (exact) mass is 396 g/mol. The second kappa shape index (κ2) is 8.18. The molecule has 0 unspecified atom stereocenters. The highest BCUT2D eigenvalue weighted by Gasteiger charge is 2.30. The van der Waals surface area contributed by atoms with E-state index in [4.69, 9.17) is 16.9 Å². The van der Waals surface area contributed by atoms with E-state index in [1.807, 2.05) is 0 Å². The summed E-state index contributed by atoms with van der Waals surface area (Å²) in [5.41, 5.74) is 4.93. The fraction of sp³-hybridized carbons (Fsp3) is 0.235. The summed E-state index contributed by atoms with van der Waals surface area (Å²) in [4.78, 5) is 20.1. The maximum atomic E-state index is 12.8. The van der Waals surface area contributed by atoms with Crippen LogP contribution in [0.1, 0.15) is 18.1 Å². The molecule has 1 amide bonds. The number of carbonyl (C=O) groups excluding carboxylic acids is 1. The molecule has 0 aliphatic rings. The van der Waals surface area contributed by atoms with Crippen molar-refractivity contribution in [1.82, 2.24) is 9.97 Å². The van der Waals surface area contributed by atoms with Crippen LogP contribution in [0, 0.1) is 12.3 Å². The van der Waals surface area contributed by atoms with Crippen LogP contribution in [0.15, 0.2) is 29.3 Å². The summed E-state index contributed by atoms with van der Waals surface area (Å²) < 4.78 is 43.7. The van der Waals surface area contributed by atoms with E-state index in [1.165, 1.54) is 30.8 Å². The Kier molecular flexibility index (Phi) is 6.17. The number of amides is 1. The Morgan fingerprint density at radius 3 is 2.70 bits per heavy atom. The molecule has 27 heavy (non-hydrogen) atoms. The lowest BCUT2D eigenvalue weighted by molar-refractivity contribution is -0.137. The van der Waals surface area contributed by atoms with Crippen molar-refractivity contribution in [3.8, 4) is 18.2 Å². The van der Waals surface area contributed by atoms with Crippen LogP contribution in [0.4, 0.5) is 24.8 Å². The van der Waals surface area contributed by atoms with Crippen molar-refractivity contribution in [1.29, 1.82) is 0 Å². The topological polar surface area (TPSA) is 90.1 Å². The summed E-state index contributed by atoms with van der Waals surface area (Å²) in [6, 6.07) is 4.26. The molecule has 1 aromatic heterocycles. The summed E-state index contributed by atoms with van der Waals surface area (Å²) in [6.45, 7) is 1.40. The Bertz CT molecular complexity index is 897. The minimum Gasteiger partial charge on any atom is -0.463 e. The van der Waals surface area contributed by atoms with Gasteiger partial charge in [0.15, 0.2) is 6.10 Å². The molecule has 1 atom stereocenters. The maximum absolute atomic E-state index is 12.8. The van der Waals surface area contributed by atoms with Crippen LogP contribution in [-0.2, 0) is 11.0 Å². The van der Waals surface area contributed by atoms with E-state index in [2.05, 4.69) is 21.2 Å². The molecule has 2 rings (SSSR count). The number of terminal acetylenes is 1. The van der Waals surface area contributed by atoms with Gasteiger partial charge in [0.25, 0.3) is 5.91 Å². The number of nitrogens with zero attached hydrogens (tertiary/aromatic N) is 2. The molecule has 2 aromatic rings. The van der Waals surface area contributed by atoms with E-state index in [-0.39, 0.29) is 23.1 Å². The number of rotatable bonds is 5. The zero-order chi connectivity index (χ0) is 20.2. The first-order valence-corrected chi connectivity index (χ1v) is 8.71. The van der Waals surface area contributed by atoms with Gasteiger partial charge >= 0.3 is 6.18 Å². The van der Waals surface area contributed by atoms with Crippen molar-refractivity contribution in [3.05, 3.63) is 35.4 Å². The summed E-state index contributed by atoms with van der Waals surface area (Å²) in [5.74, 6) is 1.56. The maximum Gasteiger partial charge on any atom is 0.416 e. The first kappa shape index (κ1) is 20.4. The number of benzene rings is 1. The van der Waals surface area contributed by atoms with E-state index < -0.39 is 23.8 Å². The van der Waals surface area contributed by atoms with Crippen molar-refractivity contribution in [2.75, 3.05) is 17.3 Å². The van der Waals surface area contributed by atoms with Crippen molar-refractivity contribution in [2.45, 2.75) is 24.2 Å². The highest BCUT2D eigenvalue weighted by Crippen LogP contribution is 2.31. The van der Waals surface area contributed by atoms with Gasteiger partial charge in [-0.3, -0.25) is 4.79 Å². The quantitative estimate of drug-likeness (QED) is 0.458. The Balaban J connectivity index is 2.18. The molecule has 10 heteroatoms. The molecule has 0 spiro atoms. The van der Waals surface area contributed by atoms with Gasteiger partial charge in [-0.15, -0.1) is 18.2 Å².